The van der Waals surface area contributed by atoms with E-state index in [1.54, 1.807) is 29.3 Å². The molecule has 2 heterocycles. The second-order valence-electron chi connectivity index (χ2n) is 2.07. The zero-order chi connectivity index (χ0) is 9.10. The Morgan fingerprint density at radius 3 is 3.08 bits per heavy atom. The number of hydrogen-bond donors (Lipinski definition) is 0. The zero-order valence-electron chi connectivity index (χ0n) is 6.31. The molecular formula is C6H4ClN3S3. The van der Waals surface area contributed by atoms with Gasteiger partial charge in [-0.25, -0.2) is 4.98 Å². The Balaban J connectivity index is 1.97. The van der Waals surface area contributed by atoms with Crippen molar-refractivity contribution in [2.45, 2.75) is 10.1 Å². The van der Waals surface area contributed by atoms with Crippen molar-refractivity contribution in [1.82, 2.24) is 14.6 Å². The molecule has 0 spiro atoms. The minimum absolute atomic E-state index is 0.508. The third-order valence-corrected chi connectivity index (χ3v) is 4.56. The van der Waals surface area contributed by atoms with Crippen LogP contribution in [0.25, 0.3) is 0 Å². The number of rotatable bonds is 3. The van der Waals surface area contributed by atoms with E-state index >= 15 is 0 Å². The predicted octanol–water partition coefficient (Wildman–Crippen LogP) is 2.94. The summed E-state index contributed by atoms with van der Waals surface area (Å²) in [6.45, 7) is 0. The van der Waals surface area contributed by atoms with Gasteiger partial charge in [0, 0.05) is 17.3 Å². The maximum atomic E-state index is 5.79. The molecule has 0 saturated carbocycles. The van der Waals surface area contributed by atoms with Crippen molar-refractivity contribution in [3.05, 3.63) is 21.6 Å². The Morgan fingerprint density at radius 2 is 2.46 bits per heavy atom. The van der Waals surface area contributed by atoms with Crippen LogP contribution in [0, 0.1) is 0 Å². The van der Waals surface area contributed by atoms with Crippen LogP contribution in [0.5, 0.6) is 0 Å². The molecule has 0 radical (unpaired) electrons. The van der Waals surface area contributed by atoms with E-state index in [1.807, 2.05) is 5.38 Å². The lowest BCUT2D eigenvalue weighted by molar-refractivity contribution is 1.15. The lowest BCUT2D eigenvalue weighted by Gasteiger charge is -1.92. The molecule has 2 rings (SSSR count). The summed E-state index contributed by atoms with van der Waals surface area (Å²) in [7, 11) is 0. The molecule has 0 bridgehead atoms. The number of aromatic nitrogens is 3. The minimum atomic E-state index is 0.508. The van der Waals surface area contributed by atoms with E-state index in [1.165, 1.54) is 11.5 Å². The molecule has 0 fully saturated rings. The molecule has 3 nitrogen and oxygen atoms in total. The first-order chi connectivity index (χ1) is 6.36. The first-order valence-corrected chi connectivity index (χ1v) is 6.37. The summed E-state index contributed by atoms with van der Waals surface area (Å²) in [6, 6.07) is 0. The third-order valence-electron chi connectivity index (χ3n) is 1.25. The number of halogens is 1. The summed E-state index contributed by atoms with van der Waals surface area (Å²) in [5.41, 5.74) is 0. The van der Waals surface area contributed by atoms with E-state index in [-0.39, 0.29) is 0 Å². The van der Waals surface area contributed by atoms with Crippen molar-refractivity contribution < 1.29 is 0 Å². The average molecular weight is 250 g/mol. The van der Waals surface area contributed by atoms with Gasteiger partial charge in [0.1, 0.15) is 4.34 Å². The van der Waals surface area contributed by atoms with Crippen molar-refractivity contribution in [1.29, 1.82) is 0 Å². The average Bonchev–Trinajstić information content (AvgIpc) is 2.72. The fourth-order valence-corrected chi connectivity index (χ4v) is 3.25. The van der Waals surface area contributed by atoms with Gasteiger partial charge in [0.15, 0.2) is 5.15 Å². The van der Waals surface area contributed by atoms with Crippen LogP contribution in [-0.2, 0) is 5.75 Å². The molecule has 0 N–H and O–H groups in total. The summed E-state index contributed by atoms with van der Waals surface area (Å²) < 4.78 is 4.80. The SMILES string of the molecule is Clc1nnsc1CSc1nccs1. The highest BCUT2D eigenvalue weighted by Crippen LogP contribution is 2.28. The lowest BCUT2D eigenvalue weighted by atomic mass is 10.6. The summed E-state index contributed by atoms with van der Waals surface area (Å²) in [6.07, 6.45) is 1.79. The largest absolute Gasteiger partial charge is 0.238 e. The van der Waals surface area contributed by atoms with Gasteiger partial charge in [-0.1, -0.05) is 27.9 Å². The summed E-state index contributed by atoms with van der Waals surface area (Å²) in [5.74, 6) is 0.796. The quantitative estimate of drug-likeness (QED) is 0.784. The number of hydrogen-bond acceptors (Lipinski definition) is 6. The van der Waals surface area contributed by atoms with Crippen molar-refractivity contribution in [3.63, 3.8) is 0 Å². The fourth-order valence-electron chi connectivity index (χ4n) is 0.694. The van der Waals surface area contributed by atoms with Gasteiger partial charge >= 0.3 is 0 Å². The molecule has 68 valence electrons. The van der Waals surface area contributed by atoms with Crippen LogP contribution in [0.2, 0.25) is 5.15 Å². The van der Waals surface area contributed by atoms with Crippen LogP contribution in [-0.4, -0.2) is 14.6 Å². The van der Waals surface area contributed by atoms with Gasteiger partial charge in [-0.15, -0.1) is 16.4 Å². The van der Waals surface area contributed by atoms with E-state index in [4.69, 9.17) is 11.6 Å². The molecule has 2 aromatic rings. The van der Waals surface area contributed by atoms with Gasteiger partial charge < -0.3 is 0 Å². The van der Waals surface area contributed by atoms with Gasteiger partial charge in [-0.05, 0) is 11.5 Å². The summed E-state index contributed by atoms with van der Waals surface area (Å²) in [4.78, 5) is 5.15. The second-order valence-corrected chi connectivity index (χ2v) is 5.39. The molecule has 7 heteroatoms. The van der Waals surface area contributed by atoms with E-state index < -0.39 is 0 Å². The maximum Gasteiger partial charge on any atom is 0.168 e. The highest BCUT2D eigenvalue weighted by molar-refractivity contribution is 8.00. The molecule has 2 aromatic heterocycles. The van der Waals surface area contributed by atoms with E-state index in [0.29, 0.717) is 5.15 Å². The van der Waals surface area contributed by atoms with Gasteiger partial charge in [0.25, 0.3) is 0 Å². The fraction of sp³-hybridized carbons (Fsp3) is 0.167. The van der Waals surface area contributed by atoms with Gasteiger partial charge in [-0.2, -0.15) is 0 Å². The van der Waals surface area contributed by atoms with Crippen LogP contribution in [0.1, 0.15) is 4.88 Å². The van der Waals surface area contributed by atoms with Gasteiger partial charge in [0.2, 0.25) is 0 Å². The number of nitrogens with zero attached hydrogens (tertiary/aromatic N) is 3. The molecule has 0 aromatic carbocycles. The molecular weight excluding hydrogens is 246 g/mol. The Labute approximate surface area is 92.3 Å². The second kappa shape index (κ2) is 4.36. The van der Waals surface area contributed by atoms with Crippen LogP contribution in [0.15, 0.2) is 15.9 Å². The van der Waals surface area contributed by atoms with E-state index in [9.17, 15) is 0 Å². The zero-order valence-corrected chi connectivity index (χ0v) is 9.51. The first kappa shape index (κ1) is 9.39. The Morgan fingerprint density at radius 1 is 1.54 bits per heavy atom. The first-order valence-electron chi connectivity index (χ1n) is 3.35. The standard InChI is InChI=1S/C6H4ClN3S3/c7-5-4(13-10-9-5)3-12-6-8-1-2-11-6/h1-2H,3H2. The predicted molar refractivity (Wildman–Crippen MR) is 56.6 cm³/mol. The molecule has 13 heavy (non-hydrogen) atoms. The van der Waals surface area contributed by atoms with E-state index in [0.717, 1.165) is 15.0 Å². The number of thiazole rings is 1. The van der Waals surface area contributed by atoms with Crippen molar-refractivity contribution in [3.8, 4) is 0 Å². The summed E-state index contributed by atoms with van der Waals surface area (Å²) in [5, 5.41) is 6.18. The van der Waals surface area contributed by atoms with Crippen LogP contribution >= 0.6 is 46.2 Å². The molecule has 0 unspecified atom stereocenters. The molecule has 0 aliphatic rings. The Bertz CT molecular complexity index is 372. The lowest BCUT2D eigenvalue weighted by Crippen LogP contribution is -1.75. The van der Waals surface area contributed by atoms with Crippen LogP contribution < -0.4 is 0 Å². The monoisotopic (exact) mass is 249 g/mol. The number of thioether (sulfide) groups is 1. The van der Waals surface area contributed by atoms with Gasteiger partial charge in [-0.3, -0.25) is 0 Å². The Kier molecular flexibility index (Phi) is 3.15. The molecule has 0 saturated heterocycles. The normalized spacial score (nSPS) is 10.5. The smallest absolute Gasteiger partial charge is 0.168 e. The molecule has 0 amide bonds. The third kappa shape index (κ3) is 2.40. The van der Waals surface area contributed by atoms with Gasteiger partial charge in [0.05, 0.1) is 4.88 Å². The maximum absolute atomic E-state index is 5.79. The summed E-state index contributed by atoms with van der Waals surface area (Å²) >= 11 is 10.4. The van der Waals surface area contributed by atoms with Crippen LogP contribution in [0.4, 0.5) is 0 Å². The van der Waals surface area contributed by atoms with E-state index in [2.05, 4.69) is 14.6 Å². The van der Waals surface area contributed by atoms with Crippen LogP contribution in [0.3, 0.4) is 0 Å². The Hall–Kier alpha value is -0.170. The molecule has 0 atom stereocenters. The highest BCUT2D eigenvalue weighted by atomic mass is 35.5. The van der Waals surface area contributed by atoms with Crippen molar-refractivity contribution in [2.75, 3.05) is 0 Å². The molecule has 0 aliphatic heterocycles. The van der Waals surface area contributed by atoms with Crippen molar-refractivity contribution >= 4 is 46.2 Å². The minimum Gasteiger partial charge on any atom is -0.238 e. The molecule has 0 aliphatic carbocycles. The highest BCUT2D eigenvalue weighted by Gasteiger charge is 2.06. The topological polar surface area (TPSA) is 38.7 Å². The van der Waals surface area contributed by atoms with Crippen molar-refractivity contribution in [2.24, 2.45) is 0 Å².